The van der Waals surface area contributed by atoms with Gasteiger partial charge >= 0.3 is 0 Å². The summed E-state index contributed by atoms with van der Waals surface area (Å²) in [6.07, 6.45) is 15.5. The Hall–Kier alpha value is -1.52. The van der Waals surface area contributed by atoms with Gasteiger partial charge in [-0.15, -0.1) is 49.6 Å². The molecule has 4 heterocycles. The summed E-state index contributed by atoms with van der Waals surface area (Å²) < 4.78 is 11.6. The van der Waals surface area contributed by atoms with E-state index in [2.05, 4.69) is 31.8 Å². The number of para-hydroxylation sites is 2. The van der Waals surface area contributed by atoms with E-state index in [0.717, 1.165) is 37.8 Å². The van der Waals surface area contributed by atoms with Gasteiger partial charge in [-0.05, 0) is 102 Å². The van der Waals surface area contributed by atoms with Crippen LogP contribution in [0.15, 0.2) is 84.0 Å². The van der Waals surface area contributed by atoms with Gasteiger partial charge in [0, 0.05) is 52.4 Å². The Kier molecular flexibility index (Phi) is 27.2. The van der Waals surface area contributed by atoms with Gasteiger partial charge in [0.2, 0.25) is 0 Å². The molecule has 280 valence electrons. The quantitative estimate of drug-likeness (QED) is 0.213. The normalized spacial score (nSPS) is 18.2. The van der Waals surface area contributed by atoms with Gasteiger partial charge in [0.05, 0.1) is 0 Å². The van der Waals surface area contributed by atoms with Crippen LogP contribution in [-0.4, -0.2) is 117 Å². The first-order valence-electron chi connectivity index (χ1n) is 17.4. The molecule has 4 fully saturated rings. The van der Waals surface area contributed by atoms with Gasteiger partial charge in [-0.1, -0.05) is 59.7 Å². The topological polar surface area (TPSA) is 62.9 Å². The molecule has 6 rings (SSSR count). The van der Waals surface area contributed by atoms with Crippen LogP contribution in [-0.2, 0) is 0 Å². The first-order chi connectivity index (χ1) is 21.8. The number of nitrogens with zero attached hydrogens (tertiary/aromatic N) is 4. The van der Waals surface area contributed by atoms with Crippen molar-refractivity contribution >= 4 is 49.6 Å². The summed E-state index contributed by atoms with van der Waals surface area (Å²) in [6.45, 7) is 15.9. The van der Waals surface area contributed by atoms with Crippen LogP contribution in [0, 0.1) is 0 Å². The molecule has 49 heavy (non-hydrogen) atoms. The zero-order valence-electron chi connectivity index (χ0n) is 29.2. The number of likely N-dealkylation sites (tertiary alicyclic amines) is 4. The maximum atomic E-state index is 5.79. The van der Waals surface area contributed by atoms with Crippen LogP contribution in [0.4, 0.5) is 0 Å². The van der Waals surface area contributed by atoms with Gasteiger partial charge in [0.1, 0.15) is 24.7 Å². The molecule has 0 atom stereocenters. The average molecular weight is 765 g/mol. The lowest BCUT2D eigenvalue weighted by molar-refractivity contribution is 0.198. The molecular formula is C38H62Cl4N4O3. The number of hydrogen-bond acceptors (Lipinski definition) is 6. The Balaban J connectivity index is 0.000000853. The standard InChI is InChI=1S/2C19H28N2O.4ClH.H2O/c2*1-2-6-19(7-3-1)22-17-16-21-14-9-18(10-15-21)8-13-20-11-4-5-12-20;;;;;/h2*1-3,6-8H,4-5,9-17H2;4*1H;1H2. The molecule has 4 aliphatic heterocycles. The highest BCUT2D eigenvalue weighted by atomic mass is 35.5. The molecule has 7 nitrogen and oxygen atoms in total. The molecule has 2 aromatic carbocycles. The zero-order valence-corrected chi connectivity index (χ0v) is 32.5. The lowest BCUT2D eigenvalue weighted by atomic mass is 10.0. The summed E-state index contributed by atoms with van der Waals surface area (Å²) in [5, 5.41) is 0. The number of benzene rings is 2. The average Bonchev–Trinajstić information content (AvgIpc) is 3.81. The number of rotatable bonds is 12. The highest BCUT2D eigenvalue weighted by Gasteiger charge is 2.16. The van der Waals surface area contributed by atoms with Crippen molar-refractivity contribution in [2.75, 3.05) is 91.8 Å². The second kappa shape index (κ2) is 28.1. The minimum Gasteiger partial charge on any atom is -0.492 e. The summed E-state index contributed by atoms with van der Waals surface area (Å²) in [5.41, 5.74) is 3.32. The summed E-state index contributed by atoms with van der Waals surface area (Å²) in [5.74, 6) is 1.96. The van der Waals surface area contributed by atoms with Gasteiger partial charge in [0.25, 0.3) is 0 Å². The SMILES string of the molecule is C(CN1CCCC1)=C1CCN(CCOc2ccccc2)CC1.C(CN1CCCC1)=C1CCN(CCOc2ccccc2)CC1.Cl.Cl.Cl.Cl.O. The van der Waals surface area contributed by atoms with Crippen molar-refractivity contribution in [2.24, 2.45) is 0 Å². The number of piperidine rings is 2. The monoisotopic (exact) mass is 762 g/mol. The van der Waals surface area contributed by atoms with Gasteiger partial charge in [-0.2, -0.15) is 0 Å². The fraction of sp³-hybridized carbons (Fsp3) is 0.579. The Labute approximate surface area is 321 Å². The molecule has 0 radical (unpaired) electrons. The Morgan fingerprint density at radius 2 is 0.776 bits per heavy atom. The smallest absolute Gasteiger partial charge is 0.119 e. The van der Waals surface area contributed by atoms with Crippen LogP contribution in [0.2, 0.25) is 0 Å². The van der Waals surface area contributed by atoms with Crippen LogP contribution in [0.25, 0.3) is 0 Å². The number of hydrogen-bond donors (Lipinski definition) is 0. The van der Waals surface area contributed by atoms with Crippen molar-refractivity contribution in [3.63, 3.8) is 0 Å². The highest BCUT2D eigenvalue weighted by molar-refractivity contribution is 5.86. The van der Waals surface area contributed by atoms with Crippen LogP contribution in [0.1, 0.15) is 51.4 Å². The minimum atomic E-state index is 0. The largest absolute Gasteiger partial charge is 0.492 e. The lowest BCUT2D eigenvalue weighted by Gasteiger charge is -2.28. The second-order valence-corrected chi connectivity index (χ2v) is 12.7. The van der Waals surface area contributed by atoms with Crippen molar-refractivity contribution in [3.8, 4) is 11.5 Å². The fourth-order valence-corrected chi connectivity index (χ4v) is 6.60. The third-order valence-corrected chi connectivity index (χ3v) is 9.51. The van der Waals surface area contributed by atoms with Crippen molar-refractivity contribution in [1.82, 2.24) is 19.6 Å². The second-order valence-electron chi connectivity index (χ2n) is 12.7. The Bertz CT molecular complexity index is 1020. The van der Waals surface area contributed by atoms with Crippen LogP contribution in [0.5, 0.6) is 11.5 Å². The van der Waals surface area contributed by atoms with Crippen molar-refractivity contribution in [3.05, 3.63) is 84.0 Å². The molecule has 0 saturated carbocycles. The van der Waals surface area contributed by atoms with Crippen LogP contribution >= 0.6 is 49.6 Å². The fourth-order valence-electron chi connectivity index (χ4n) is 6.60. The summed E-state index contributed by atoms with van der Waals surface area (Å²) in [4.78, 5) is 10.2. The maximum Gasteiger partial charge on any atom is 0.119 e. The molecule has 4 saturated heterocycles. The molecule has 0 amide bonds. The van der Waals surface area contributed by atoms with E-state index in [-0.39, 0.29) is 55.1 Å². The van der Waals surface area contributed by atoms with Gasteiger partial charge in [0.15, 0.2) is 0 Å². The third kappa shape index (κ3) is 18.5. The first kappa shape index (κ1) is 47.5. The van der Waals surface area contributed by atoms with Gasteiger partial charge in [-0.3, -0.25) is 19.6 Å². The molecular weight excluding hydrogens is 702 g/mol. The molecule has 2 aromatic rings. The van der Waals surface area contributed by atoms with E-state index in [1.807, 2.05) is 60.7 Å². The van der Waals surface area contributed by atoms with E-state index in [0.29, 0.717) is 0 Å². The summed E-state index contributed by atoms with van der Waals surface area (Å²) in [7, 11) is 0. The number of halogens is 4. The van der Waals surface area contributed by atoms with Crippen LogP contribution < -0.4 is 9.47 Å². The molecule has 0 aromatic heterocycles. The highest BCUT2D eigenvalue weighted by Crippen LogP contribution is 2.19. The lowest BCUT2D eigenvalue weighted by Crippen LogP contribution is -2.34. The van der Waals surface area contributed by atoms with Crippen molar-refractivity contribution in [1.29, 1.82) is 0 Å². The maximum absolute atomic E-state index is 5.79. The van der Waals surface area contributed by atoms with E-state index in [4.69, 9.17) is 9.47 Å². The first-order valence-corrected chi connectivity index (χ1v) is 17.4. The van der Waals surface area contributed by atoms with E-state index >= 15 is 0 Å². The third-order valence-electron chi connectivity index (χ3n) is 9.51. The van der Waals surface area contributed by atoms with E-state index in [9.17, 15) is 0 Å². The molecule has 0 unspecified atom stereocenters. The van der Waals surface area contributed by atoms with E-state index in [1.165, 1.54) is 117 Å². The molecule has 2 N–H and O–H groups in total. The minimum absolute atomic E-state index is 0. The predicted octanol–water partition coefficient (Wildman–Crippen LogP) is 7.23. The van der Waals surface area contributed by atoms with Crippen molar-refractivity contribution < 1.29 is 14.9 Å². The van der Waals surface area contributed by atoms with Crippen molar-refractivity contribution in [2.45, 2.75) is 51.4 Å². The Morgan fingerprint density at radius 3 is 1.10 bits per heavy atom. The van der Waals surface area contributed by atoms with Crippen LogP contribution in [0.3, 0.4) is 0 Å². The van der Waals surface area contributed by atoms with Gasteiger partial charge in [-0.25, -0.2) is 0 Å². The molecule has 4 aliphatic rings. The van der Waals surface area contributed by atoms with E-state index in [1.54, 1.807) is 11.1 Å². The molecule has 11 heteroatoms. The Morgan fingerprint density at radius 1 is 0.449 bits per heavy atom. The number of ether oxygens (including phenoxy) is 2. The zero-order chi connectivity index (χ0) is 30.1. The summed E-state index contributed by atoms with van der Waals surface area (Å²) in [6, 6.07) is 20.2. The van der Waals surface area contributed by atoms with Gasteiger partial charge < -0.3 is 14.9 Å². The molecule has 0 bridgehead atoms. The predicted molar refractivity (Wildman–Crippen MR) is 215 cm³/mol. The van der Waals surface area contributed by atoms with E-state index < -0.39 is 0 Å². The molecule has 0 aliphatic carbocycles. The molecule has 0 spiro atoms. The summed E-state index contributed by atoms with van der Waals surface area (Å²) >= 11 is 0.